The molecule has 0 unspecified atom stereocenters. The van der Waals surface area contributed by atoms with Crippen LogP contribution in [0.4, 0.5) is 5.69 Å². The number of para-hydroxylation sites is 1. The van der Waals surface area contributed by atoms with Crippen molar-refractivity contribution < 1.29 is 9.53 Å². The summed E-state index contributed by atoms with van der Waals surface area (Å²) in [5, 5.41) is 12.7. The van der Waals surface area contributed by atoms with Gasteiger partial charge >= 0.3 is 0 Å². The lowest BCUT2D eigenvalue weighted by Crippen LogP contribution is -2.24. The second-order valence-electron chi connectivity index (χ2n) is 7.89. The van der Waals surface area contributed by atoms with Crippen molar-refractivity contribution in [3.63, 3.8) is 0 Å². The van der Waals surface area contributed by atoms with Gasteiger partial charge in [0, 0.05) is 12.2 Å². The standard InChI is InChI=1S/C26H23N5O3S/c1-34-20-13-11-19(12-14-20)27-23(32)17-35-26-29-28-25-30(16-15-18-7-3-2-4-8-18)24(33)21-9-5-6-10-22(21)31(25)26/h2-14H,15-17H2,1H3,(H,27,32). The maximum absolute atomic E-state index is 13.3. The van der Waals surface area contributed by atoms with Crippen molar-refractivity contribution >= 4 is 40.0 Å². The number of fused-ring (bicyclic) bond motifs is 3. The zero-order valence-electron chi connectivity index (χ0n) is 19.0. The third-order valence-electron chi connectivity index (χ3n) is 5.65. The van der Waals surface area contributed by atoms with E-state index in [9.17, 15) is 9.59 Å². The number of aryl methyl sites for hydroxylation is 2. The van der Waals surface area contributed by atoms with E-state index in [0.717, 1.165) is 11.3 Å². The molecule has 5 rings (SSSR count). The highest BCUT2D eigenvalue weighted by atomic mass is 32.2. The van der Waals surface area contributed by atoms with Crippen molar-refractivity contribution in [2.45, 2.75) is 18.1 Å². The van der Waals surface area contributed by atoms with Crippen LogP contribution in [0.15, 0.2) is 88.8 Å². The molecule has 2 aromatic heterocycles. The van der Waals surface area contributed by atoms with Gasteiger partial charge in [-0.3, -0.25) is 18.6 Å². The highest BCUT2D eigenvalue weighted by Crippen LogP contribution is 2.22. The maximum Gasteiger partial charge on any atom is 0.262 e. The Hall–Kier alpha value is -4.11. The summed E-state index contributed by atoms with van der Waals surface area (Å²) in [7, 11) is 1.60. The molecule has 0 aliphatic heterocycles. The summed E-state index contributed by atoms with van der Waals surface area (Å²) >= 11 is 1.27. The molecule has 0 aliphatic carbocycles. The molecule has 0 atom stereocenters. The Morgan fingerprint density at radius 3 is 2.49 bits per heavy atom. The van der Waals surface area contributed by atoms with E-state index in [2.05, 4.69) is 15.5 Å². The first-order chi connectivity index (χ1) is 17.1. The summed E-state index contributed by atoms with van der Waals surface area (Å²) in [5.74, 6) is 1.16. The average Bonchev–Trinajstić information content (AvgIpc) is 3.32. The molecule has 35 heavy (non-hydrogen) atoms. The number of carbonyl (C=O) groups is 1. The number of hydrogen-bond acceptors (Lipinski definition) is 6. The summed E-state index contributed by atoms with van der Waals surface area (Å²) in [6.45, 7) is 0.470. The average molecular weight is 486 g/mol. The molecular weight excluding hydrogens is 462 g/mol. The molecule has 0 radical (unpaired) electrons. The Morgan fingerprint density at radius 1 is 0.971 bits per heavy atom. The fourth-order valence-electron chi connectivity index (χ4n) is 3.92. The lowest BCUT2D eigenvalue weighted by atomic mass is 10.1. The molecular formula is C26H23N5O3S. The predicted molar refractivity (Wildman–Crippen MR) is 137 cm³/mol. The zero-order valence-corrected chi connectivity index (χ0v) is 19.9. The number of nitrogens with zero attached hydrogens (tertiary/aromatic N) is 4. The fourth-order valence-corrected chi connectivity index (χ4v) is 4.66. The molecule has 3 aromatic carbocycles. The van der Waals surface area contributed by atoms with Gasteiger partial charge in [0.2, 0.25) is 11.7 Å². The number of anilines is 1. The van der Waals surface area contributed by atoms with Crippen molar-refractivity contribution in [1.82, 2.24) is 19.2 Å². The van der Waals surface area contributed by atoms with Crippen LogP contribution >= 0.6 is 11.8 Å². The van der Waals surface area contributed by atoms with E-state index in [0.29, 0.717) is 40.5 Å². The first-order valence-electron chi connectivity index (χ1n) is 11.1. The maximum atomic E-state index is 13.3. The van der Waals surface area contributed by atoms with E-state index in [-0.39, 0.29) is 17.2 Å². The van der Waals surface area contributed by atoms with Crippen LogP contribution in [0.1, 0.15) is 5.56 Å². The second-order valence-corrected chi connectivity index (χ2v) is 8.84. The summed E-state index contributed by atoms with van der Waals surface area (Å²) in [6, 6.07) is 24.6. The number of methoxy groups -OCH3 is 1. The van der Waals surface area contributed by atoms with E-state index in [1.54, 1.807) is 42.0 Å². The van der Waals surface area contributed by atoms with Gasteiger partial charge in [-0.2, -0.15) is 0 Å². The van der Waals surface area contributed by atoms with Crippen LogP contribution in [0, 0.1) is 0 Å². The van der Waals surface area contributed by atoms with Gasteiger partial charge in [0.1, 0.15) is 5.75 Å². The number of rotatable bonds is 8. The molecule has 9 heteroatoms. The van der Waals surface area contributed by atoms with E-state index in [1.165, 1.54) is 11.8 Å². The van der Waals surface area contributed by atoms with Crippen LogP contribution in [0.2, 0.25) is 0 Å². The smallest absolute Gasteiger partial charge is 0.262 e. The summed E-state index contributed by atoms with van der Waals surface area (Å²) in [4.78, 5) is 25.9. The number of benzene rings is 3. The number of nitrogens with one attached hydrogen (secondary N) is 1. The molecule has 0 fully saturated rings. The van der Waals surface area contributed by atoms with Crippen LogP contribution in [0.5, 0.6) is 5.75 Å². The SMILES string of the molecule is COc1ccc(NC(=O)CSc2nnc3n(CCc4ccccc4)c(=O)c4ccccc4n23)cc1. The highest BCUT2D eigenvalue weighted by molar-refractivity contribution is 7.99. The van der Waals surface area contributed by atoms with E-state index >= 15 is 0 Å². The molecule has 0 spiro atoms. The molecule has 5 aromatic rings. The minimum absolute atomic E-state index is 0.106. The van der Waals surface area contributed by atoms with E-state index in [4.69, 9.17) is 4.74 Å². The van der Waals surface area contributed by atoms with Gasteiger partial charge < -0.3 is 10.1 Å². The summed E-state index contributed by atoms with van der Waals surface area (Å²) in [5.41, 5.74) is 2.43. The van der Waals surface area contributed by atoms with E-state index < -0.39 is 0 Å². The lowest BCUT2D eigenvalue weighted by molar-refractivity contribution is -0.113. The van der Waals surface area contributed by atoms with Crippen molar-refractivity contribution in [3.8, 4) is 5.75 Å². The molecule has 8 nitrogen and oxygen atoms in total. The monoisotopic (exact) mass is 485 g/mol. The summed E-state index contributed by atoms with van der Waals surface area (Å²) in [6.07, 6.45) is 0.689. The van der Waals surface area contributed by atoms with Gasteiger partial charge in [-0.1, -0.05) is 54.2 Å². The van der Waals surface area contributed by atoms with Crippen molar-refractivity contribution in [3.05, 3.63) is 94.8 Å². The molecule has 1 amide bonds. The number of aromatic nitrogens is 4. The molecule has 0 saturated carbocycles. The molecule has 0 aliphatic rings. The quantitative estimate of drug-likeness (QED) is 0.334. The Balaban J connectivity index is 1.42. The first-order valence-corrected chi connectivity index (χ1v) is 12.1. The zero-order chi connectivity index (χ0) is 24.2. The Morgan fingerprint density at radius 2 is 1.71 bits per heavy atom. The highest BCUT2D eigenvalue weighted by Gasteiger charge is 2.17. The summed E-state index contributed by atoms with van der Waals surface area (Å²) < 4.78 is 8.66. The third kappa shape index (κ3) is 4.76. The minimum Gasteiger partial charge on any atom is -0.497 e. The van der Waals surface area contributed by atoms with Crippen LogP contribution in [0.3, 0.4) is 0 Å². The molecule has 176 valence electrons. The van der Waals surface area contributed by atoms with E-state index in [1.807, 2.05) is 52.9 Å². The molecule has 1 N–H and O–H groups in total. The fraction of sp³-hybridized carbons (Fsp3) is 0.154. The third-order valence-corrected chi connectivity index (χ3v) is 6.58. The molecule has 0 saturated heterocycles. The lowest BCUT2D eigenvalue weighted by Gasteiger charge is -2.11. The number of amides is 1. The topological polar surface area (TPSA) is 90.5 Å². The van der Waals surface area contributed by atoms with Gasteiger partial charge in [-0.25, -0.2) is 0 Å². The largest absolute Gasteiger partial charge is 0.497 e. The van der Waals surface area contributed by atoms with Crippen molar-refractivity contribution in [1.29, 1.82) is 0 Å². The molecule has 2 heterocycles. The Bertz CT molecular complexity index is 1550. The van der Waals surface area contributed by atoms with Crippen molar-refractivity contribution in [2.24, 2.45) is 0 Å². The van der Waals surface area contributed by atoms with Gasteiger partial charge in [0.05, 0.1) is 23.8 Å². The van der Waals surface area contributed by atoms with Gasteiger partial charge in [-0.15, -0.1) is 10.2 Å². The first kappa shape index (κ1) is 22.7. The number of hydrogen-bond donors (Lipinski definition) is 1. The predicted octanol–water partition coefficient (Wildman–Crippen LogP) is 4.03. The second kappa shape index (κ2) is 10.0. The minimum atomic E-state index is -0.168. The molecule has 0 bridgehead atoms. The number of thioether (sulfide) groups is 1. The Labute approximate surface area is 205 Å². The van der Waals surface area contributed by atoms with Crippen molar-refractivity contribution in [2.75, 3.05) is 18.2 Å². The van der Waals surface area contributed by atoms with Crippen LogP contribution in [0.25, 0.3) is 16.7 Å². The van der Waals surface area contributed by atoms with Gasteiger partial charge in [-0.05, 0) is 48.4 Å². The Kier molecular flexibility index (Phi) is 6.49. The van der Waals surface area contributed by atoms with Gasteiger partial charge in [0.15, 0.2) is 5.16 Å². The normalized spacial score (nSPS) is 11.1. The van der Waals surface area contributed by atoms with Crippen LogP contribution in [-0.4, -0.2) is 37.9 Å². The number of carbonyl (C=O) groups excluding carboxylic acids is 1. The van der Waals surface area contributed by atoms with Crippen LogP contribution < -0.4 is 15.6 Å². The van der Waals surface area contributed by atoms with Crippen LogP contribution in [-0.2, 0) is 17.8 Å². The van der Waals surface area contributed by atoms with Gasteiger partial charge in [0.25, 0.3) is 5.56 Å². The number of ether oxygens (including phenoxy) is 1.